The number of nitrogens with zero attached hydrogens (tertiary/aromatic N) is 2. The van der Waals surface area contributed by atoms with E-state index in [9.17, 15) is 5.11 Å². The van der Waals surface area contributed by atoms with E-state index in [-0.39, 0.29) is 6.23 Å². The molecule has 0 saturated carbocycles. The molecule has 0 amide bonds. The van der Waals surface area contributed by atoms with E-state index in [0.29, 0.717) is 0 Å². The smallest absolute Gasteiger partial charge is 0.125 e. The van der Waals surface area contributed by atoms with Crippen LogP contribution in [0.3, 0.4) is 0 Å². The van der Waals surface area contributed by atoms with Gasteiger partial charge in [-0.05, 0) is 32.6 Å². The van der Waals surface area contributed by atoms with Crippen molar-refractivity contribution in [2.24, 2.45) is 4.99 Å². The number of aliphatic imine (C=N–C) groups is 1. The molecule has 152 valence electrons. The zero-order chi connectivity index (χ0) is 18.9. The number of hydrogen-bond acceptors (Lipinski definition) is 3. The van der Waals surface area contributed by atoms with Gasteiger partial charge in [-0.2, -0.15) is 0 Å². The molecule has 0 aromatic rings. The third kappa shape index (κ3) is 11.7. The van der Waals surface area contributed by atoms with E-state index in [0.717, 1.165) is 25.3 Å². The fraction of sp³-hybridized carbons (Fsp3) is 0.870. The van der Waals surface area contributed by atoms with Crippen molar-refractivity contribution in [3.63, 3.8) is 0 Å². The van der Waals surface area contributed by atoms with Crippen molar-refractivity contribution in [2.45, 2.75) is 116 Å². The lowest BCUT2D eigenvalue weighted by Gasteiger charge is -2.23. The predicted molar refractivity (Wildman–Crippen MR) is 115 cm³/mol. The van der Waals surface area contributed by atoms with Gasteiger partial charge in [0, 0.05) is 13.0 Å². The normalized spacial score (nSPS) is 15.8. The predicted octanol–water partition coefficient (Wildman–Crippen LogP) is 6.47. The zero-order valence-corrected chi connectivity index (χ0v) is 17.6. The van der Waals surface area contributed by atoms with E-state index in [1.165, 1.54) is 89.9 Å². The number of aliphatic hydroxyl groups excluding tert-OH is 1. The Kier molecular flexibility index (Phi) is 14.6. The molecular weight excluding hydrogens is 320 g/mol. The van der Waals surface area contributed by atoms with Gasteiger partial charge in [-0.15, -0.1) is 0 Å². The summed E-state index contributed by atoms with van der Waals surface area (Å²) in [5.74, 6) is 1.13. The molecule has 0 fully saturated rings. The summed E-state index contributed by atoms with van der Waals surface area (Å²) in [6.07, 6.45) is 24.3. The highest BCUT2D eigenvalue weighted by Gasteiger charge is 2.19. The van der Waals surface area contributed by atoms with Crippen LogP contribution in [0.1, 0.15) is 110 Å². The Bertz CT molecular complexity index is 376. The van der Waals surface area contributed by atoms with E-state index in [4.69, 9.17) is 0 Å². The number of rotatable bonds is 17. The number of allylic oxidation sites excluding steroid dienone is 2. The topological polar surface area (TPSA) is 35.8 Å². The fourth-order valence-electron chi connectivity index (χ4n) is 3.67. The Morgan fingerprint density at radius 1 is 0.885 bits per heavy atom. The van der Waals surface area contributed by atoms with Gasteiger partial charge in [0.15, 0.2) is 0 Å². The SMILES string of the molecule is CCC/C=C/CCCCCCCCCCCCCC1=NCCN1C(C)O. The molecule has 0 aromatic carbocycles. The van der Waals surface area contributed by atoms with Crippen LogP contribution in [0, 0.1) is 0 Å². The number of aliphatic hydroxyl groups is 1. The highest BCUT2D eigenvalue weighted by molar-refractivity contribution is 5.83. The molecule has 0 saturated heterocycles. The number of unbranched alkanes of at least 4 members (excludes halogenated alkanes) is 12. The molecule has 0 aromatic heterocycles. The summed E-state index contributed by atoms with van der Waals surface area (Å²) in [7, 11) is 0. The molecule has 1 aliphatic rings. The summed E-state index contributed by atoms with van der Waals surface area (Å²) in [5.41, 5.74) is 0. The van der Waals surface area contributed by atoms with Crippen LogP contribution in [0.15, 0.2) is 17.1 Å². The average Bonchev–Trinajstić information content (AvgIpc) is 3.10. The van der Waals surface area contributed by atoms with Crippen molar-refractivity contribution in [1.29, 1.82) is 0 Å². The van der Waals surface area contributed by atoms with Gasteiger partial charge in [0.1, 0.15) is 12.1 Å². The summed E-state index contributed by atoms with van der Waals surface area (Å²) in [4.78, 5) is 6.57. The standard InChI is InChI=1S/C23H44N2O/c1-3-4-5-6-7-8-9-10-11-12-13-14-15-16-17-18-19-23-24-20-21-25(23)22(2)26/h5-6,22,26H,3-4,7-21H2,1-2H3/b6-5+. The summed E-state index contributed by atoms with van der Waals surface area (Å²) >= 11 is 0. The molecular formula is C23H44N2O. The van der Waals surface area contributed by atoms with E-state index in [2.05, 4.69) is 24.1 Å². The van der Waals surface area contributed by atoms with Crippen LogP contribution in [0.25, 0.3) is 0 Å². The summed E-state index contributed by atoms with van der Waals surface area (Å²) in [6, 6.07) is 0. The van der Waals surface area contributed by atoms with Gasteiger partial charge in [-0.25, -0.2) is 0 Å². The van der Waals surface area contributed by atoms with Crippen LogP contribution >= 0.6 is 0 Å². The average molecular weight is 365 g/mol. The fourth-order valence-corrected chi connectivity index (χ4v) is 3.67. The highest BCUT2D eigenvalue weighted by Crippen LogP contribution is 2.15. The maximum atomic E-state index is 9.70. The molecule has 0 aliphatic carbocycles. The Balaban J connectivity index is 1.79. The van der Waals surface area contributed by atoms with E-state index in [1.807, 2.05) is 11.8 Å². The van der Waals surface area contributed by atoms with E-state index < -0.39 is 0 Å². The van der Waals surface area contributed by atoms with E-state index in [1.54, 1.807) is 0 Å². The molecule has 1 unspecified atom stereocenters. The number of amidine groups is 1. The lowest BCUT2D eigenvalue weighted by Crippen LogP contribution is -2.35. The second kappa shape index (κ2) is 16.4. The van der Waals surface area contributed by atoms with Crippen LogP contribution in [0.5, 0.6) is 0 Å². The summed E-state index contributed by atoms with van der Waals surface area (Å²) < 4.78 is 0. The van der Waals surface area contributed by atoms with Gasteiger partial charge >= 0.3 is 0 Å². The van der Waals surface area contributed by atoms with Gasteiger partial charge < -0.3 is 10.0 Å². The Labute approximate surface area is 163 Å². The first kappa shape index (κ1) is 23.2. The minimum Gasteiger partial charge on any atom is -0.374 e. The van der Waals surface area contributed by atoms with Crippen molar-refractivity contribution >= 4 is 5.84 Å². The molecule has 1 heterocycles. The molecule has 3 nitrogen and oxygen atoms in total. The van der Waals surface area contributed by atoms with Crippen molar-refractivity contribution < 1.29 is 5.11 Å². The highest BCUT2D eigenvalue weighted by atomic mass is 16.3. The zero-order valence-electron chi connectivity index (χ0n) is 17.6. The van der Waals surface area contributed by atoms with Crippen molar-refractivity contribution in [2.75, 3.05) is 13.1 Å². The first-order valence-corrected chi connectivity index (χ1v) is 11.4. The van der Waals surface area contributed by atoms with Crippen molar-refractivity contribution in [3.8, 4) is 0 Å². The monoisotopic (exact) mass is 364 g/mol. The Morgan fingerprint density at radius 2 is 1.42 bits per heavy atom. The molecule has 1 aliphatic heterocycles. The minimum absolute atomic E-state index is 0.381. The van der Waals surface area contributed by atoms with Crippen LogP contribution < -0.4 is 0 Å². The van der Waals surface area contributed by atoms with Gasteiger partial charge in [0.25, 0.3) is 0 Å². The third-order valence-corrected chi connectivity index (χ3v) is 5.31. The second-order valence-electron chi connectivity index (χ2n) is 7.81. The molecule has 1 rings (SSSR count). The quantitative estimate of drug-likeness (QED) is 0.237. The largest absolute Gasteiger partial charge is 0.374 e. The maximum Gasteiger partial charge on any atom is 0.125 e. The van der Waals surface area contributed by atoms with Crippen molar-refractivity contribution in [1.82, 2.24) is 4.90 Å². The molecule has 26 heavy (non-hydrogen) atoms. The van der Waals surface area contributed by atoms with Crippen LogP contribution in [-0.2, 0) is 0 Å². The van der Waals surface area contributed by atoms with Crippen LogP contribution in [0.4, 0.5) is 0 Å². The van der Waals surface area contributed by atoms with Crippen molar-refractivity contribution in [3.05, 3.63) is 12.2 Å². The maximum absolute atomic E-state index is 9.70. The van der Waals surface area contributed by atoms with Gasteiger partial charge in [0.2, 0.25) is 0 Å². The lowest BCUT2D eigenvalue weighted by molar-refractivity contribution is 0.0766. The van der Waals surface area contributed by atoms with Crippen LogP contribution in [0.2, 0.25) is 0 Å². The second-order valence-corrected chi connectivity index (χ2v) is 7.81. The summed E-state index contributed by atoms with van der Waals surface area (Å²) in [6.45, 7) is 5.83. The molecule has 1 N–H and O–H groups in total. The minimum atomic E-state index is -0.381. The Morgan fingerprint density at radius 3 is 2.00 bits per heavy atom. The third-order valence-electron chi connectivity index (χ3n) is 5.31. The van der Waals surface area contributed by atoms with Gasteiger partial charge in [-0.3, -0.25) is 4.99 Å². The molecule has 0 bridgehead atoms. The van der Waals surface area contributed by atoms with E-state index >= 15 is 0 Å². The molecule has 0 radical (unpaired) electrons. The summed E-state index contributed by atoms with van der Waals surface area (Å²) in [5, 5.41) is 9.70. The number of hydrogen-bond donors (Lipinski definition) is 1. The molecule has 0 spiro atoms. The molecule has 1 atom stereocenters. The molecule has 3 heteroatoms. The lowest BCUT2D eigenvalue weighted by atomic mass is 10.0. The first-order valence-electron chi connectivity index (χ1n) is 11.4. The first-order chi connectivity index (χ1) is 12.8. The van der Waals surface area contributed by atoms with Gasteiger partial charge in [-0.1, -0.05) is 83.3 Å². The van der Waals surface area contributed by atoms with Crippen LogP contribution in [-0.4, -0.2) is 35.2 Å². The Hall–Kier alpha value is -0.830. The van der Waals surface area contributed by atoms with Gasteiger partial charge in [0.05, 0.1) is 6.54 Å².